The van der Waals surface area contributed by atoms with E-state index < -0.39 is 5.97 Å². The number of aromatic carboxylic acids is 1. The van der Waals surface area contributed by atoms with Crippen molar-refractivity contribution in [3.63, 3.8) is 0 Å². The highest BCUT2D eigenvalue weighted by molar-refractivity contribution is 7.98. The van der Waals surface area contributed by atoms with E-state index >= 15 is 0 Å². The van der Waals surface area contributed by atoms with Crippen LogP contribution < -0.4 is 4.90 Å². The quantitative estimate of drug-likeness (QED) is 0.918. The Kier molecular flexibility index (Phi) is 4.14. The summed E-state index contributed by atoms with van der Waals surface area (Å²) in [5, 5.41) is 8.97. The Bertz CT molecular complexity index is 515. The summed E-state index contributed by atoms with van der Waals surface area (Å²) in [5.41, 5.74) is 2.10. The van der Waals surface area contributed by atoms with Crippen molar-refractivity contribution >= 4 is 29.3 Å². The molecule has 1 aromatic rings. The van der Waals surface area contributed by atoms with Gasteiger partial charge in [-0.25, -0.2) is 4.79 Å². The van der Waals surface area contributed by atoms with Crippen molar-refractivity contribution in [3.05, 3.63) is 29.3 Å². The van der Waals surface area contributed by atoms with Crippen molar-refractivity contribution in [3.8, 4) is 0 Å². The summed E-state index contributed by atoms with van der Waals surface area (Å²) in [4.78, 5) is 25.0. The van der Waals surface area contributed by atoms with Crippen molar-refractivity contribution in [1.29, 1.82) is 0 Å². The topological polar surface area (TPSA) is 57.6 Å². The zero-order chi connectivity index (χ0) is 14.0. The highest BCUT2D eigenvalue weighted by atomic mass is 32.2. The molecule has 1 unspecified atom stereocenters. The first kappa shape index (κ1) is 13.9. The van der Waals surface area contributed by atoms with Gasteiger partial charge in [0.15, 0.2) is 0 Å². The molecule has 1 atom stereocenters. The van der Waals surface area contributed by atoms with Gasteiger partial charge in [0.1, 0.15) is 0 Å². The minimum Gasteiger partial charge on any atom is -0.478 e. The van der Waals surface area contributed by atoms with Gasteiger partial charge < -0.3 is 10.0 Å². The van der Waals surface area contributed by atoms with Crippen LogP contribution in [0, 0.1) is 5.92 Å². The number of carbonyl (C=O) groups is 2. The molecule has 102 valence electrons. The Morgan fingerprint density at radius 3 is 2.84 bits per heavy atom. The van der Waals surface area contributed by atoms with E-state index in [1.807, 2.05) is 13.2 Å². The van der Waals surface area contributed by atoms with Crippen molar-refractivity contribution in [2.24, 2.45) is 5.92 Å². The van der Waals surface area contributed by atoms with Crippen LogP contribution in [0.3, 0.4) is 0 Å². The Hall–Kier alpha value is -1.49. The number of carboxylic acids is 1. The third kappa shape index (κ3) is 2.76. The van der Waals surface area contributed by atoms with Gasteiger partial charge in [-0.05, 0) is 36.4 Å². The van der Waals surface area contributed by atoms with Crippen LogP contribution in [0.15, 0.2) is 18.2 Å². The second kappa shape index (κ2) is 5.65. The molecule has 0 spiro atoms. The fraction of sp³-hybridized carbons (Fsp3) is 0.429. The van der Waals surface area contributed by atoms with E-state index in [0.29, 0.717) is 6.54 Å². The lowest BCUT2D eigenvalue weighted by Crippen LogP contribution is -2.34. The van der Waals surface area contributed by atoms with Gasteiger partial charge in [-0.1, -0.05) is 6.92 Å². The molecule has 0 saturated carbocycles. The first-order chi connectivity index (χ1) is 9.04. The lowest BCUT2D eigenvalue weighted by molar-refractivity contribution is -0.121. The monoisotopic (exact) mass is 279 g/mol. The van der Waals surface area contributed by atoms with Crippen LogP contribution in [0.4, 0.5) is 5.69 Å². The number of carbonyl (C=O) groups excluding carboxylic acids is 1. The molecule has 1 amide bonds. The standard InChI is InChI=1S/C14H17NO3S/c1-9(8-19-2)13(16)15-6-5-10-7-11(14(17)18)3-4-12(10)15/h3-4,7,9H,5-6,8H2,1-2H3,(H,17,18). The van der Waals surface area contributed by atoms with E-state index in [1.165, 1.54) is 0 Å². The fourth-order valence-corrected chi connectivity index (χ4v) is 2.99. The molecule has 1 aliphatic heterocycles. The van der Waals surface area contributed by atoms with Crippen LogP contribution in [0.1, 0.15) is 22.8 Å². The van der Waals surface area contributed by atoms with Crippen LogP contribution in [-0.2, 0) is 11.2 Å². The van der Waals surface area contributed by atoms with Crippen molar-refractivity contribution < 1.29 is 14.7 Å². The molecule has 1 aliphatic rings. The molecule has 0 aromatic heterocycles. The Morgan fingerprint density at radius 1 is 1.47 bits per heavy atom. The molecule has 1 aromatic carbocycles. The number of benzene rings is 1. The van der Waals surface area contributed by atoms with Crippen molar-refractivity contribution in [1.82, 2.24) is 0 Å². The molecule has 0 radical (unpaired) electrons. The fourth-order valence-electron chi connectivity index (χ4n) is 2.35. The van der Waals surface area contributed by atoms with E-state index in [4.69, 9.17) is 5.11 Å². The van der Waals surface area contributed by atoms with Gasteiger partial charge in [0, 0.05) is 23.9 Å². The zero-order valence-electron chi connectivity index (χ0n) is 11.0. The lowest BCUT2D eigenvalue weighted by Gasteiger charge is -2.21. The van der Waals surface area contributed by atoms with Gasteiger partial charge in [0.25, 0.3) is 0 Å². The zero-order valence-corrected chi connectivity index (χ0v) is 11.9. The molecule has 0 bridgehead atoms. The molecule has 1 heterocycles. The SMILES string of the molecule is CSCC(C)C(=O)N1CCc2cc(C(=O)O)ccc21. The van der Waals surface area contributed by atoms with E-state index in [9.17, 15) is 9.59 Å². The molecule has 0 aliphatic carbocycles. The average molecular weight is 279 g/mol. The van der Waals surface area contributed by atoms with Crippen LogP contribution in [0.2, 0.25) is 0 Å². The number of hydrogen-bond donors (Lipinski definition) is 1. The molecule has 4 nitrogen and oxygen atoms in total. The maximum atomic E-state index is 12.3. The van der Waals surface area contributed by atoms with Crippen LogP contribution >= 0.6 is 11.8 Å². The summed E-state index contributed by atoms with van der Waals surface area (Å²) in [7, 11) is 0. The number of carboxylic acid groups (broad SMARTS) is 1. The summed E-state index contributed by atoms with van der Waals surface area (Å²) in [6, 6.07) is 4.98. The van der Waals surface area contributed by atoms with E-state index in [2.05, 4.69) is 0 Å². The number of fused-ring (bicyclic) bond motifs is 1. The normalized spacial score (nSPS) is 15.2. The molecule has 5 heteroatoms. The maximum absolute atomic E-state index is 12.3. The van der Waals surface area contributed by atoms with E-state index in [0.717, 1.165) is 23.4 Å². The first-order valence-corrected chi connectivity index (χ1v) is 7.60. The second-order valence-corrected chi connectivity index (χ2v) is 5.66. The number of hydrogen-bond acceptors (Lipinski definition) is 3. The maximum Gasteiger partial charge on any atom is 0.335 e. The van der Waals surface area contributed by atoms with Gasteiger partial charge in [-0.15, -0.1) is 0 Å². The minimum absolute atomic E-state index is 0.0138. The number of thioether (sulfide) groups is 1. The smallest absolute Gasteiger partial charge is 0.335 e. The molecule has 1 N–H and O–H groups in total. The molecule has 2 rings (SSSR count). The minimum atomic E-state index is -0.927. The van der Waals surface area contributed by atoms with E-state index in [-0.39, 0.29) is 17.4 Å². The molecule has 0 fully saturated rings. The Balaban J connectivity index is 2.23. The van der Waals surface area contributed by atoms with Crippen molar-refractivity contribution in [2.75, 3.05) is 23.5 Å². The van der Waals surface area contributed by atoms with Crippen LogP contribution in [0.5, 0.6) is 0 Å². The summed E-state index contributed by atoms with van der Waals surface area (Å²) < 4.78 is 0. The van der Waals surface area contributed by atoms with Gasteiger partial charge in [-0.2, -0.15) is 11.8 Å². The first-order valence-electron chi connectivity index (χ1n) is 6.21. The summed E-state index contributed by atoms with van der Waals surface area (Å²) in [6.45, 7) is 2.58. The van der Waals surface area contributed by atoms with Crippen LogP contribution in [0.25, 0.3) is 0 Å². The summed E-state index contributed by atoms with van der Waals surface area (Å²) in [5.74, 6) is -0.0164. The van der Waals surface area contributed by atoms with Gasteiger partial charge in [0.05, 0.1) is 5.56 Å². The highest BCUT2D eigenvalue weighted by Crippen LogP contribution is 2.30. The van der Waals surface area contributed by atoms with Gasteiger partial charge in [-0.3, -0.25) is 4.79 Å². The number of nitrogens with zero attached hydrogens (tertiary/aromatic N) is 1. The molecule has 0 saturated heterocycles. The summed E-state index contributed by atoms with van der Waals surface area (Å²) in [6.07, 6.45) is 2.72. The van der Waals surface area contributed by atoms with Gasteiger partial charge in [0.2, 0.25) is 5.91 Å². The Labute approximate surface area is 116 Å². The molecular formula is C14H17NO3S. The highest BCUT2D eigenvalue weighted by Gasteiger charge is 2.28. The summed E-state index contributed by atoms with van der Waals surface area (Å²) >= 11 is 1.66. The number of anilines is 1. The third-order valence-corrected chi connectivity index (χ3v) is 4.16. The predicted octanol–water partition coefficient (Wildman–Crippen LogP) is 2.27. The molecule has 19 heavy (non-hydrogen) atoms. The number of amides is 1. The van der Waals surface area contributed by atoms with Gasteiger partial charge >= 0.3 is 5.97 Å². The largest absolute Gasteiger partial charge is 0.478 e. The predicted molar refractivity (Wildman–Crippen MR) is 77.0 cm³/mol. The Morgan fingerprint density at radius 2 is 2.21 bits per heavy atom. The average Bonchev–Trinajstić information content (AvgIpc) is 2.80. The lowest BCUT2D eigenvalue weighted by atomic mass is 10.1. The van der Waals surface area contributed by atoms with Crippen molar-refractivity contribution in [2.45, 2.75) is 13.3 Å². The third-order valence-electron chi connectivity index (χ3n) is 3.33. The second-order valence-electron chi connectivity index (χ2n) is 4.74. The van der Waals surface area contributed by atoms with E-state index in [1.54, 1.807) is 34.9 Å². The number of rotatable bonds is 4. The molecular weight excluding hydrogens is 262 g/mol. The van der Waals surface area contributed by atoms with Crippen LogP contribution in [-0.4, -0.2) is 35.5 Å².